The van der Waals surface area contributed by atoms with Crippen LogP contribution in [0.15, 0.2) is 28.9 Å². The Kier molecular flexibility index (Phi) is 3.79. The number of nitrogens with one attached hydrogen (secondary N) is 2. The topological polar surface area (TPSA) is 88.0 Å². The second kappa shape index (κ2) is 5.37. The van der Waals surface area contributed by atoms with E-state index in [1.54, 1.807) is 0 Å². The molecule has 0 aliphatic rings. The number of nitro benzene ring substituents is 1. The molecule has 6 nitrogen and oxygen atoms in total. The highest BCUT2D eigenvalue weighted by molar-refractivity contribution is 9.10. The second-order valence-corrected chi connectivity index (χ2v) is 4.61. The number of carbonyl (C=O) groups excluding carboxylic acids is 1. The van der Waals surface area contributed by atoms with Gasteiger partial charge in [0.1, 0.15) is 5.69 Å². The van der Waals surface area contributed by atoms with Crippen molar-refractivity contribution in [2.24, 2.45) is 0 Å². The van der Waals surface area contributed by atoms with E-state index in [4.69, 9.17) is 0 Å². The number of nitro groups is 1. The minimum atomic E-state index is -1.49. The maximum Gasteiger partial charge on any atom is 0.296 e. The first-order valence-corrected chi connectivity index (χ1v) is 5.97. The van der Waals surface area contributed by atoms with Crippen molar-refractivity contribution >= 4 is 33.2 Å². The van der Waals surface area contributed by atoms with Crippen molar-refractivity contribution in [3.05, 3.63) is 56.3 Å². The SMILES string of the molecule is O=C(Nc1c([N+](=O)[O-])ccc(F)c1F)c1cc(Br)c[nH]1. The molecule has 1 amide bonds. The zero-order valence-electron chi connectivity index (χ0n) is 9.62. The molecule has 0 atom stereocenters. The molecule has 2 aromatic rings. The summed E-state index contributed by atoms with van der Waals surface area (Å²) in [4.78, 5) is 24.2. The summed E-state index contributed by atoms with van der Waals surface area (Å²) in [5.74, 6) is -3.61. The number of hydrogen-bond acceptors (Lipinski definition) is 3. The van der Waals surface area contributed by atoms with E-state index < -0.39 is 33.8 Å². The lowest BCUT2D eigenvalue weighted by atomic mass is 10.2. The lowest BCUT2D eigenvalue weighted by Crippen LogP contribution is -2.15. The molecule has 9 heteroatoms. The van der Waals surface area contributed by atoms with Crippen LogP contribution in [0.1, 0.15) is 10.5 Å². The van der Waals surface area contributed by atoms with Crippen LogP contribution in [-0.2, 0) is 0 Å². The van der Waals surface area contributed by atoms with Crippen molar-refractivity contribution in [1.82, 2.24) is 4.98 Å². The van der Waals surface area contributed by atoms with Crippen molar-refractivity contribution in [2.45, 2.75) is 0 Å². The van der Waals surface area contributed by atoms with Crippen LogP contribution in [0.5, 0.6) is 0 Å². The summed E-state index contributed by atoms with van der Waals surface area (Å²) in [6, 6.07) is 2.78. The zero-order valence-corrected chi connectivity index (χ0v) is 11.2. The number of amides is 1. The van der Waals surface area contributed by atoms with Crippen LogP contribution in [-0.4, -0.2) is 15.8 Å². The largest absolute Gasteiger partial charge is 0.356 e. The Balaban J connectivity index is 2.40. The van der Waals surface area contributed by atoms with Crippen molar-refractivity contribution in [3.63, 3.8) is 0 Å². The summed E-state index contributed by atoms with van der Waals surface area (Å²) in [5.41, 5.74) is -1.51. The fourth-order valence-electron chi connectivity index (χ4n) is 1.49. The first-order valence-electron chi connectivity index (χ1n) is 5.18. The van der Waals surface area contributed by atoms with Gasteiger partial charge < -0.3 is 10.3 Å². The normalized spacial score (nSPS) is 10.3. The molecule has 0 bridgehead atoms. The number of rotatable bonds is 3. The number of aromatic nitrogens is 1. The Morgan fingerprint density at radius 1 is 1.40 bits per heavy atom. The summed E-state index contributed by atoms with van der Waals surface area (Å²) in [5, 5.41) is 12.7. The molecule has 1 aromatic carbocycles. The van der Waals surface area contributed by atoms with E-state index in [-0.39, 0.29) is 5.69 Å². The van der Waals surface area contributed by atoms with E-state index >= 15 is 0 Å². The molecule has 0 fully saturated rings. The third kappa shape index (κ3) is 2.67. The molecule has 104 valence electrons. The minimum Gasteiger partial charge on any atom is -0.356 e. The van der Waals surface area contributed by atoms with Gasteiger partial charge in [-0.15, -0.1) is 0 Å². The lowest BCUT2D eigenvalue weighted by Gasteiger charge is -2.06. The quantitative estimate of drug-likeness (QED) is 0.661. The summed E-state index contributed by atoms with van der Waals surface area (Å²) in [7, 11) is 0. The van der Waals surface area contributed by atoms with E-state index in [2.05, 4.69) is 20.9 Å². The van der Waals surface area contributed by atoms with Crippen LogP contribution < -0.4 is 5.32 Å². The van der Waals surface area contributed by atoms with Gasteiger partial charge in [-0.3, -0.25) is 14.9 Å². The van der Waals surface area contributed by atoms with Crippen LogP contribution in [0.4, 0.5) is 20.2 Å². The first-order chi connectivity index (χ1) is 9.40. The highest BCUT2D eigenvalue weighted by Crippen LogP contribution is 2.29. The van der Waals surface area contributed by atoms with E-state index in [0.717, 1.165) is 6.07 Å². The van der Waals surface area contributed by atoms with Crippen LogP contribution in [0.25, 0.3) is 0 Å². The van der Waals surface area contributed by atoms with Crippen LogP contribution in [0.3, 0.4) is 0 Å². The van der Waals surface area contributed by atoms with Gasteiger partial charge in [-0.2, -0.15) is 0 Å². The molecule has 1 aromatic heterocycles. The first kappa shape index (κ1) is 14.1. The highest BCUT2D eigenvalue weighted by Gasteiger charge is 2.24. The van der Waals surface area contributed by atoms with Crippen molar-refractivity contribution < 1.29 is 18.5 Å². The highest BCUT2D eigenvalue weighted by atomic mass is 79.9. The minimum absolute atomic E-state index is 0.0369. The predicted octanol–water partition coefficient (Wildman–Crippen LogP) is 3.22. The molecule has 0 saturated carbocycles. The van der Waals surface area contributed by atoms with Gasteiger partial charge in [-0.1, -0.05) is 0 Å². The molecule has 0 unspecified atom stereocenters. The third-order valence-electron chi connectivity index (χ3n) is 2.40. The summed E-state index contributed by atoms with van der Waals surface area (Å²) < 4.78 is 27.3. The van der Waals surface area contributed by atoms with Gasteiger partial charge in [-0.25, -0.2) is 8.78 Å². The second-order valence-electron chi connectivity index (χ2n) is 3.70. The molecule has 0 radical (unpaired) electrons. The summed E-state index contributed by atoms with van der Waals surface area (Å²) >= 11 is 3.10. The fraction of sp³-hybridized carbons (Fsp3) is 0. The van der Waals surface area contributed by atoms with E-state index in [1.165, 1.54) is 12.3 Å². The molecule has 2 N–H and O–H groups in total. The average molecular weight is 346 g/mol. The number of anilines is 1. The Morgan fingerprint density at radius 3 is 2.65 bits per heavy atom. The average Bonchev–Trinajstić information content (AvgIpc) is 2.81. The maximum absolute atomic E-state index is 13.6. The molecule has 0 aliphatic carbocycles. The van der Waals surface area contributed by atoms with Gasteiger partial charge in [0.25, 0.3) is 11.6 Å². The number of benzene rings is 1. The summed E-state index contributed by atoms with van der Waals surface area (Å²) in [6.07, 6.45) is 1.45. The molecular weight excluding hydrogens is 340 g/mol. The molecule has 0 aliphatic heterocycles. The van der Waals surface area contributed by atoms with Gasteiger partial charge in [-0.05, 0) is 28.1 Å². The summed E-state index contributed by atoms with van der Waals surface area (Å²) in [6.45, 7) is 0. The smallest absolute Gasteiger partial charge is 0.296 e. The van der Waals surface area contributed by atoms with Crippen molar-refractivity contribution in [1.29, 1.82) is 0 Å². The fourth-order valence-corrected chi connectivity index (χ4v) is 1.83. The molecule has 0 saturated heterocycles. The maximum atomic E-state index is 13.6. The van der Waals surface area contributed by atoms with E-state index in [0.29, 0.717) is 10.5 Å². The Bertz CT molecular complexity index is 702. The number of H-pyrrole nitrogens is 1. The van der Waals surface area contributed by atoms with E-state index in [1.807, 2.05) is 5.32 Å². The van der Waals surface area contributed by atoms with Gasteiger partial charge in [0.05, 0.1) is 4.92 Å². The number of nitrogens with zero attached hydrogens (tertiary/aromatic N) is 1. The van der Waals surface area contributed by atoms with Crippen LogP contribution in [0, 0.1) is 21.7 Å². The Labute approximate surface area is 119 Å². The number of carbonyl (C=O) groups is 1. The molecule has 2 rings (SSSR count). The van der Waals surface area contributed by atoms with Gasteiger partial charge in [0.15, 0.2) is 17.3 Å². The van der Waals surface area contributed by atoms with Gasteiger partial charge in [0.2, 0.25) is 0 Å². The van der Waals surface area contributed by atoms with Crippen LogP contribution in [0.2, 0.25) is 0 Å². The molecular formula is C11H6BrF2N3O3. The lowest BCUT2D eigenvalue weighted by molar-refractivity contribution is -0.384. The Hall–Kier alpha value is -2.29. The van der Waals surface area contributed by atoms with Crippen LogP contribution >= 0.6 is 15.9 Å². The molecule has 0 spiro atoms. The molecule has 1 heterocycles. The van der Waals surface area contributed by atoms with Gasteiger partial charge in [0, 0.05) is 16.7 Å². The van der Waals surface area contributed by atoms with E-state index in [9.17, 15) is 23.7 Å². The van der Waals surface area contributed by atoms with Gasteiger partial charge >= 0.3 is 0 Å². The predicted molar refractivity (Wildman–Crippen MR) is 69.5 cm³/mol. The third-order valence-corrected chi connectivity index (χ3v) is 2.86. The van der Waals surface area contributed by atoms with Crippen molar-refractivity contribution in [2.75, 3.05) is 5.32 Å². The monoisotopic (exact) mass is 345 g/mol. The zero-order chi connectivity index (χ0) is 14.9. The standard InChI is InChI=1S/C11H6BrF2N3O3/c12-5-3-7(15-4-5)11(18)16-10-8(17(19)20)2-1-6(13)9(10)14/h1-4,15H,(H,16,18). The Morgan fingerprint density at radius 2 is 2.10 bits per heavy atom. The van der Waals surface area contributed by atoms with Crippen molar-refractivity contribution in [3.8, 4) is 0 Å². The number of aromatic amines is 1. The number of hydrogen-bond donors (Lipinski definition) is 2. The number of halogens is 3. The molecule has 20 heavy (non-hydrogen) atoms.